The molecule has 56 valence electrons. The summed E-state index contributed by atoms with van der Waals surface area (Å²) in [4.78, 5) is 0. The fourth-order valence-electron chi connectivity index (χ4n) is 0.765. The monoisotopic (exact) mass is 211 g/mol. The van der Waals surface area contributed by atoms with Crippen molar-refractivity contribution in [3.05, 3.63) is 33.8 Å². The van der Waals surface area contributed by atoms with Crippen LogP contribution in [0.1, 0.15) is 11.1 Å². The third-order valence-corrected chi connectivity index (χ3v) is 2.12. The van der Waals surface area contributed by atoms with E-state index < -0.39 is 0 Å². The molecule has 1 rings (SSSR count). The summed E-state index contributed by atoms with van der Waals surface area (Å²) in [6.07, 6.45) is 0. The predicted octanol–water partition coefficient (Wildman–Crippen LogP) is 1.81. The number of benzene rings is 1. The maximum atomic E-state index is 8.80. The molecule has 0 aliphatic heterocycles. The summed E-state index contributed by atoms with van der Waals surface area (Å²) in [6.45, 7) is -0.0455. The van der Waals surface area contributed by atoms with Gasteiger partial charge < -0.3 is 5.11 Å². The summed E-state index contributed by atoms with van der Waals surface area (Å²) in [5, 5.41) is 17.3. The first-order valence-corrected chi connectivity index (χ1v) is 3.86. The van der Waals surface area contributed by atoms with Crippen LogP contribution in [-0.2, 0) is 6.61 Å². The average molecular weight is 212 g/mol. The Morgan fingerprint density at radius 3 is 2.82 bits per heavy atom. The van der Waals surface area contributed by atoms with Gasteiger partial charge in [-0.1, -0.05) is 15.9 Å². The van der Waals surface area contributed by atoms with Crippen molar-refractivity contribution in [3.8, 4) is 6.07 Å². The van der Waals surface area contributed by atoms with Crippen molar-refractivity contribution in [2.45, 2.75) is 6.61 Å². The standard InChI is InChI=1S/C8H6BrNO/c9-8-2-1-6(4-10)3-7(8)5-11/h1-3,11H,5H2. The Hall–Kier alpha value is -0.850. The molecule has 0 saturated heterocycles. The largest absolute Gasteiger partial charge is 0.392 e. The molecule has 0 aliphatic rings. The SMILES string of the molecule is N#Cc1ccc(Br)c(CO)c1. The first-order chi connectivity index (χ1) is 5.27. The minimum Gasteiger partial charge on any atom is -0.392 e. The molecule has 2 nitrogen and oxygen atoms in total. The third kappa shape index (κ3) is 1.79. The van der Waals surface area contributed by atoms with Crippen molar-refractivity contribution in [3.63, 3.8) is 0 Å². The topological polar surface area (TPSA) is 44.0 Å². The van der Waals surface area contributed by atoms with Crippen molar-refractivity contribution in [2.75, 3.05) is 0 Å². The van der Waals surface area contributed by atoms with Gasteiger partial charge in [-0.05, 0) is 23.8 Å². The fraction of sp³-hybridized carbons (Fsp3) is 0.125. The minimum atomic E-state index is -0.0455. The van der Waals surface area contributed by atoms with Gasteiger partial charge in [0.25, 0.3) is 0 Å². The zero-order valence-corrected chi connectivity index (χ0v) is 7.30. The van der Waals surface area contributed by atoms with Crippen LogP contribution in [0.15, 0.2) is 22.7 Å². The maximum Gasteiger partial charge on any atom is 0.0991 e. The van der Waals surface area contributed by atoms with Gasteiger partial charge in [0.1, 0.15) is 0 Å². The van der Waals surface area contributed by atoms with Gasteiger partial charge in [-0.25, -0.2) is 0 Å². The number of hydrogen-bond acceptors (Lipinski definition) is 2. The molecular formula is C8H6BrNO. The molecule has 0 fully saturated rings. The Balaban J connectivity index is 3.15. The van der Waals surface area contributed by atoms with E-state index in [-0.39, 0.29) is 6.61 Å². The highest BCUT2D eigenvalue weighted by atomic mass is 79.9. The Kier molecular flexibility index (Phi) is 2.64. The van der Waals surface area contributed by atoms with E-state index in [2.05, 4.69) is 15.9 Å². The summed E-state index contributed by atoms with van der Waals surface area (Å²) in [7, 11) is 0. The summed E-state index contributed by atoms with van der Waals surface area (Å²) < 4.78 is 0.832. The molecule has 0 unspecified atom stereocenters. The quantitative estimate of drug-likeness (QED) is 0.771. The minimum absolute atomic E-state index is 0.0455. The van der Waals surface area contributed by atoms with Crippen molar-refractivity contribution in [1.29, 1.82) is 5.26 Å². The Bertz CT molecular complexity index is 303. The van der Waals surface area contributed by atoms with Crippen LogP contribution in [0.25, 0.3) is 0 Å². The van der Waals surface area contributed by atoms with Crippen molar-refractivity contribution >= 4 is 15.9 Å². The van der Waals surface area contributed by atoms with Crippen molar-refractivity contribution in [1.82, 2.24) is 0 Å². The van der Waals surface area contributed by atoms with Crippen LogP contribution in [0.2, 0.25) is 0 Å². The number of nitrogens with zero attached hydrogens (tertiary/aromatic N) is 1. The average Bonchev–Trinajstić information content (AvgIpc) is 2.05. The van der Waals surface area contributed by atoms with Crippen LogP contribution in [0.5, 0.6) is 0 Å². The number of rotatable bonds is 1. The highest BCUT2D eigenvalue weighted by molar-refractivity contribution is 9.10. The van der Waals surface area contributed by atoms with Crippen molar-refractivity contribution < 1.29 is 5.11 Å². The molecule has 0 saturated carbocycles. The molecule has 0 radical (unpaired) electrons. The van der Waals surface area contributed by atoms with Gasteiger partial charge in [-0.2, -0.15) is 5.26 Å². The maximum absolute atomic E-state index is 8.80. The Morgan fingerprint density at radius 1 is 1.55 bits per heavy atom. The summed E-state index contributed by atoms with van der Waals surface area (Å²) >= 11 is 3.25. The second-order valence-electron chi connectivity index (χ2n) is 2.08. The highest BCUT2D eigenvalue weighted by Gasteiger charge is 1.98. The van der Waals surface area contributed by atoms with Gasteiger partial charge in [-0.15, -0.1) is 0 Å². The lowest BCUT2D eigenvalue weighted by Gasteiger charge is -1.98. The normalized spacial score (nSPS) is 9.18. The molecule has 0 atom stereocenters. The van der Waals surface area contributed by atoms with E-state index in [1.54, 1.807) is 18.2 Å². The summed E-state index contributed by atoms with van der Waals surface area (Å²) in [6, 6.07) is 7.11. The number of aliphatic hydroxyl groups is 1. The molecule has 0 aromatic heterocycles. The van der Waals surface area contributed by atoms with Crippen LogP contribution in [0.3, 0.4) is 0 Å². The summed E-state index contributed by atoms with van der Waals surface area (Å²) in [5.41, 5.74) is 1.31. The molecule has 0 amide bonds. The van der Waals surface area contributed by atoms with Gasteiger partial charge >= 0.3 is 0 Å². The molecule has 0 bridgehead atoms. The van der Waals surface area contributed by atoms with E-state index in [0.29, 0.717) is 5.56 Å². The van der Waals surface area contributed by atoms with E-state index in [4.69, 9.17) is 10.4 Å². The van der Waals surface area contributed by atoms with Gasteiger partial charge in [0, 0.05) is 4.47 Å². The zero-order valence-electron chi connectivity index (χ0n) is 5.71. The van der Waals surface area contributed by atoms with Gasteiger partial charge in [0.2, 0.25) is 0 Å². The van der Waals surface area contributed by atoms with Crippen molar-refractivity contribution in [2.24, 2.45) is 0 Å². The van der Waals surface area contributed by atoms with E-state index >= 15 is 0 Å². The van der Waals surface area contributed by atoms with Gasteiger partial charge in [-0.3, -0.25) is 0 Å². The van der Waals surface area contributed by atoms with E-state index in [0.717, 1.165) is 10.0 Å². The molecule has 1 aromatic rings. The van der Waals surface area contributed by atoms with E-state index in [9.17, 15) is 0 Å². The molecule has 0 spiro atoms. The number of hydrogen-bond donors (Lipinski definition) is 1. The van der Waals surface area contributed by atoms with Crippen LogP contribution in [-0.4, -0.2) is 5.11 Å². The Morgan fingerprint density at radius 2 is 2.27 bits per heavy atom. The number of nitriles is 1. The fourth-order valence-corrected chi connectivity index (χ4v) is 1.14. The van der Waals surface area contributed by atoms with Crippen LogP contribution < -0.4 is 0 Å². The molecule has 11 heavy (non-hydrogen) atoms. The molecular weight excluding hydrogens is 206 g/mol. The number of aliphatic hydroxyl groups excluding tert-OH is 1. The lowest BCUT2D eigenvalue weighted by molar-refractivity contribution is 0.281. The molecule has 1 aromatic carbocycles. The third-order valence-electron chi connectivity index (χ3n) is 1.35. The van der Waals surface area contributed by atoms with Gasteiger partial charge in [0.15, 0.2) is 0 Å². The highest BCUT2D eigenvalue weighted by Crippen LogP contribution is 2.17. The second-order valence-corrected chi connectivity index (χ2v) is 2.93. The molecule has 0 heterocycles. The Labute approximate surface area is 73.2 Å². The predicted molar refractivity (Wildman–Crippen MR) is 44.8 cm³/mol. The number of halogens is 1. The van der Waals surface area contributed by atoms with E-state index in [1.165, 1.54) is 0 Å². The lowest BCUT2D eigenvalue weighted by atomic mass is 10.1. The summed E-state index contributed by atoms with van der Waals surface area (Å²) in [5.74, 6) is 0. The van der Waals surface area contributed by atoms with Crippen LogP contribution >= 0.6 is 15.9 Å². The van der Waals surface area contributed by atoms with E-state index in [1.807, 2.05) is 6.07 Å². The first kappa shape index (κ1) is 8.25. The lowest BCUT2D eigenvalue weighted by Crippen LogP contribution is -1.86. The smallest absolute Gasteiger partial charge is 0.0991 e. The zero-order chi connectivity index (χ0) is 8.27. The molecule has 3 heteroatoms. The van der Waals surface area contributed by atoms with Crippen LogP contribution in [0, 0.1) is 11.3 Å². The first-order valence-electron chi connectivity index (χ1n) is 3.07. The van der Waals surface area contributed by atoms with Gasteiger partial charge in [0.05, 0.1) is 18.2 Å². The van der Waals surface area contributed by atoms with Crippen LogP contribution in [0.4, 0.5) is 0 Å². The molecule has 1 N–H and O–H groups in total. The second kappa shape index (κ2) is 3.51. The molecule has 0 aliphatic carbocycles.